The standard InChI is InChI=1S/C14H17ClF4N2.ClH/c15-11-3-1-2-10(13(11)16)12(8-14(17,18)19)21(7-6-20)9-4-5-9;/h1-3,9,12H,4-8,20H2;1H/t12-;/m0./s1. The molecule has 1 aliphatic rings. The zero-order chi connectivity index (χ0) is 15.6. The fraction of sp³-hybridized carbons (Fsp3) is 0.571. The summed E-state index contributed by atoms with van der Waals surface area (Å²) in [5, 5.41) is -0.164. The third-order valence-corrected chi connectivity index (χ3v) is 3.86. The molecule has 1 aromatic carbocycles. The van der Waals surface area contributed by atoms with Gasteiger partial charge in [-0.3, -0.25) is 4.90 Å². The molecule has 0 heterocycles. The van der Waals surface area contributed by atoms with E-state index < -0.39 is 24.5 Å². The third kappa shape index (κ3) is 4.98. The molecule has 0 aromatic heterocycles. The zero-order valence-corrected chi connectivity index (χ0v) is 13.3. The van der Waals surface area contributed by atoms with Crippen LogP contribution in [-0.4, -0.2) is 30.2 Å². The van der Waals surface area contributed by atoms with Gasteiger partial charge in [0.15, 0.2) is 0 Å². The Balaban J connectivity index is 0.00000242. The van der Waals surface area contributed by atoms with Crippen LogP contribution < -0.4 is 5.73 Å². The maximum absolute atomic E-state index is 14.2. The van der Waals surface area contributed by atoms with Crippen molar-refractivity contribution >= 4 is 24.0 Å². The molecule has 0 amide bonds. The van der Waals surface area contributed by atoms with Gasteiger partial charge in [0.2, 0.25) is 0 Å². The van der Waals surface area contributed by atoms with Crippen molar-refractivity contribution in [2.75, 3.05) is 13.1 Å². The van der Waals surface area contributed by atoms with Crippen molar-refractivity contribution in [3.8, 4) is 0 Å². The Hall–Kier alpha value is -0.560. The van der Waals surface area contributed by atoms with Gasteiger partial charge in [0.25, 0.3) is 0 Å². The van der Waals surface area contributed by atoms with Crippen molar-refractivity contribution in [1.29, 1.82) is 0 Å². The molecule has 22 heavy (non-hydrogen) atoms. The number of benzene rings is 1. The molecule has 0 unspecified atom stereocenters. The van der Waals surface area contributed by atoms with Crippen LogP contribution in [0.2, 0.25) is 5.02 Å². The topological polar surface area (TPSA) is 29.3 Å². The van der Waals surface area contributed by atoms with E-state index in [4.69, 9.17) is 17.3 Å². The number of alkyl halides is 3. The van der Waals surface area contributed by atoms with Gasteiger partial charge in [0, 0.05) is 30.7 Å². The van der Waals surface area contributed by atoms with E-state index in [0.29, 0.717) is 6.54 Å². The molecule has 2 N–H and O–H groups in total. The summed E-state index contributed by atoms with van der Waals surface area (Å²) in [5.74, 6) is -0.781. The van der Waals surface area contributed by atoms with E-state index in [0.717, 1.165) is 12.8 Å². The Labute approximate surface area is 138 Å². The summed E-state index contributed by atoms with van der Waals surface area (Å²) in [6.07, 6.45) is -3.87. The van der Waals surface area contributed by atoms with Crippen molar-refractivity contribution in [3.05, 3.63) is 34.6 Å². The summed E-state index contributed by atoms with van der Waals surface area (Å²) in [5.41, 5.74) is 5.49. The summed E-state index contributed by atoms with van der Waals surface area (Å²) in [7, 11) is 0. The Bertz CT molecular complexity index is 492. The number of hydrogen-bond donors (Lipinski definition) is 1. The minimum Gasteiger partial charge on any atom is -0.329 e. The maximum atomic E-state index is 14.2. The van der Waals surface area contributed by atoms with E-state index in [9.17, 15) is 17.6 Å². The minimum atomic E-state index is -4.39. The van der Waals surface area contributed by atoms with Gasteiger partial charge in [0.05, 0.1) is 11.4 Å². The first-order valence-electron chi connectivity index (χ1n) is 6.80. The lowest BCUT2D eigenvalue weighted by atomic mass is 10.0. The van der Waals surface area contributed by atoms with Crippen molar-refractivity contribution in [2.24, 2.45) is 5.73 Å². The van der Waals surface area contributed by atoms with E-state index in [1.54, 1.807) is 4.90 Å². The number of rotatable bonds is 6. The van der Waals surface area contributed by atoms with Gasteiger partial charge < -0.3 is 5.73 Å². The SMILES string of the molecule is Cl.NCCN(C1CC1)[C@@H](CC(F)(F)F)c1cccc(Cl)c1F. The summed E-state index contributed by atoms with van der Waals surface area (Å²) in [6, 6.07) is 3.12. The Kier molecular flexibility index (Phi) is 6.92. The minimum absolute atomic E-state index is 0. The molecule has 0 bridgehead atoms. The monoisotopic (exact) mass is 360 g/mol. The van der Waals surface area contributed by atoms with E-state index in [1.165, 1.54) is 18.2 Å². The second-order valence-corrected chi connectivity index (χ2v) is 5.64. The highest BCUT2D eigenvalue weighted by molar-refractivity contribution is 6.30. The maximum Gasteiger partial charge on any atom is 0.390 e. The number of halogens is 6. The van der Waals surface area contributed by atoms with Gasteiger partial charge in [0.1, 0.15) is 5.82 Å². The molecule has 1 saturated carbocycles. The van der Waals surface area contributed by atoms with Crippen LogP contribution in [0, 0.1) is 5.82 Å². The van der Waals surface area contributed by atoms with Gasteiger partial charge in [-0.2, -0.15) is 13.2 Å². The fourth-order valence-corrected chi connectivity index (χ4v) is 2.73. The predicted molar refractivity (Wildman–Crippen MR) is 80.9 cm³/mol. The lowest BCUT2D eigenvalue weighted by molar-refractivity contribution is -0.148. The van der Waals surface area contributed by atoms with Crippen molar-refractivity contribution in [1.82, 2.24) is 4.90 Å². The van der Waals surface area contributed by atoms with Crippen LogP contribution in [0.1, 0.15) is 30.9 Å². The highest BCUT2D eigenvalue weighted by Gasteiger charge is 2.41. The molecule has 0 saturated heterocycles. The molecule has 1 fully saturated rings. The molecule has 1 atom stereocenters. The quantitative estimate of drug-likeness (QED) is 0.765. The molecule has 126 valence electrons. The van der Waals surface area contributed by atoms with Crippen LogP contribution in [-0.2, 0) is 0 Å². The van der Waals surface area contributed by atoms with Crippen LogP contribution in [0.5, 0.6) is 0 Å². The third-order valence-electron chi connectivity index (χ3n) is 3.57. The Morgan fingerprint density at radius 3 is 2.45 bits per heavy atom. The molecule has 2 rings (SSSR count). The molecular weight excluding hydrogens is 343 g/mol. The summed E-state index contributed by atoms with van der Waals surface area (Å²) < 4.78 is 52.8. The number of nitrogens with zero attached hydrogens (tertiary/aromatic N) is 1. The molecule has 1 aliphatic carbocycles. The van der Waals surface area contributed by atoms with Gasteiger partial charge in [-0.1, -0.05) is 23.7 Å². The zero-order valence-electron chi connectivity index (χ0n) is 11.7. The molecule has 1 aromatic rings. The summed E-state index contributed by atoms with van der Waals surface area (Å²) in [4.78, 5) is 1.65. The van der Waals surface area contributed by atoms with E-state index >= 15 is 0 Å². The first-order valence-corrected chi connectivity index (χ1v) is 7.17. The van der Waals surface area contributed by atoms with Crippen LogP contribution in [0.3, 0.4) is 0 Å². The van der Waals surface area contributed by atoms with Crippen molar-refractivity contribution in [2.45, 2.75) is 37.5 Å². The highest BCUT2D eigenvalue weighted by Crippen LogP contribution is 2.41. The first kappa shape index (κ1) is 19.5. The average molecular weight is 361 g/mol. The molecule has 0 spiro atoms. The second-order valence-electron chi connectivity index (χ2n) is 5.24. The van der Waals surface area contributed by atoms with E-state index in [-0.39, 0.29) is 35.6 Å². The van der Waals surface area contributed by atoms with Crippen LogP contribution >= 0.6 is 24.0 Å². The largest absolute Gasteiger partial charge is 0.390 e. The van der Waals surface area contributed by atoms with Crippen LogP contribution in [0.25, 0.3) is 0 Å². The van der Waals surface area contributed by atoms with Crippen molar-refractivity contribution < 1.29 is 17.6 Å². The van der Waals surface area contributed by atoms with Gasteiger partial charge in [-0.25, -0.2) is 4.39 Å². The van der Waals surface area contributed by atoms with Gasteiger partial charge in [-0.05, 0) is 18.9 Å². The Morgan fingerprint density at radius 1 is 1.32 bits per heavy atom. The lowest BCUT2D eigenvalue weighted by Gasteiger charge is -2.33. The average Bonchev–Trinajstić information content (AvgIpc) is 3.20. The fourth-order valence-electron chi connectivity index (χ4n) is 2.55. The van der Waals surface area contributed by atoms with E-state index in [1.807, 2.05) is 0 Å². The lowest BCUT2D eigenvalue weighted by Crippen LogP contribution is -2.38. The molecule has 8 heteroatoms. The predicted octanol–water partition coefficient (Wildman–Crippen LogP) is 4.32. The first-order chi connectivity index (χ1) is 9.83. The number of hydrogen-bond acceptors (Lipinski definition) is 2. The molecular formula is C14H18Cl2F4N2. The van der Waals surface area contributed by atoms with E-state index in [2.05, 4.69) is 0 Å². The smallest absolute Gasteiger partial charge is 0.329 e. The second kappa shape index (κ2) is 7.81. The van der Waals surface area contributed by atoms with Crippen LogP contribution in [0.15, 0.2) is 18.2 Å². The van der Waals surface area contributed by atoms with Gasteiger partial charge in [-0.15, -0.1) is 12.4 Å². The number of nitrogens with two attached hydrogens (primary N) is 1. The molecule has 2 nitrogen and oxygen atoms in total. The van der Waals surface area contributed by atoms with Gasteiger partial charge >= 0.3 is 6.18 Å². The van der Waals surface area contributed by atoms with Crippen LogP contribution in [0.4, 0.5) is 17.6 Å². The summed E-state index contributed by atoms with van der Waals surface area (Å²) in [6.45, 7) is 0.532. The highest BCUT2D eigenvalue weighted by atomic mass is 35.5. The molecule has 0 aliphatic heterocycles. The Morgan fingerprint density at radius 2 is 1.95 bits per heavy atom. The molecule has 0 radical (unpaired) electrons. The van der Waals surface area contributed by atoms with Crippen molar-refractivity contribution in [3.63, 3.8) is 0 Å². The summed E-state index contributed by atoms with van der Waals surface area (Å²) >= 11 is 5.71. The normalized spacial score (nSPS) is 16.5.